The summed E-state index contributed by atoms with van der Waals surface area (Å²) in [6.45, 7) is 2.03. The maximum Gasteiger partial charge on any atom is 0.335 e. The van der Waals surface area contributed by atoms with E-state index < -0.39 is 5.97 Å². The Balaban J connectivity index is 1.88. The van der Waals surface area contributed by atoms with Gasteiger partial charge in [0.2, 0.25) is 0 Å². The third kappa shape index (κ3) is 3.52. The molecule has 5 nitrogen and oxygen atoms in total. The number of hydrogen-bond donors (Lipinski definition) is 2. The predicted octanol–water partition coefficient (Wildman–Crippen LogP) is 3.89. The molecule has 0 aliphatic carbocycles. The summed E-state index contributed by atoms with van der Waals surface area (Å²) >= 11 is 0. The minimum atomic E-state index is -0.961. The van der Waals surface area contributed by atoms with E-state index in [1.807, 2.05) is 31.2 Å². The average molecular weight is 305 g/mol. The first-order valence-corrected chi connectivity index (χ1v) is 7.11. The molecule has 0 unspecified atom stereocenters. The molecule has 0 radical (unpaired) electrons. The van der Waals surface area contributed by atoms with Gasteiger partial charge in [0.15, 0.2) is 0 Å². The Hall–Kier alpha value is -3.21. The zero-order valence-corrected chi connectivity index (χ0v) is 12.5. The molecule has 0 spiro atoms. The first-order chi connectivity index (χ1) is 11.1. The zero-order chi connectivity index (χ0) is 16.2. The smallest absolute Gasteiger partial charge is 0.335 e. The van der Waals surface area contributed by atoms with Crippen LogP contribution in [0.25, 0.3) is 11.3 Å². The predicted molar refractivity (Wildman–Crippen MR) is 88.9 cm³/mol. The van der Waals surface area contributed by atoms with Crippen LogP contribution in [0.1, 0.15) is 15.9 Å². The van der Waals surface area contributed by atoms with E-state index in [0.29, 0.717) is 11.5 Å². The molecular weight excluding hydrogens is 290 g/mol. The first-order valence-electron chi connectivity index (χ1n) is 7.11. The number of rotatable bonds is 4. The van der Waals surface area contributed by atoms with Gasteiger partial charge < -0.3 is 10.4 Å². The van der Waals surface area contributed by atoms with Crippen LogP contribution in [0, 0.1) is 6.92 Å². The second-order valence-electron chi connectivity index (χ2n) is 5.17. The first kappa shape index (κ1) is 14.7. The average Bonchev–Trinajstić information content (AvgIpc) is 2.55. The minimum Gasteiger partial charge on any atom is -0.478 e. The van der Waals surface area contributed by atoms with E-state index in [1.54, 1.807) is 24.3 Å². The van der Waals surface area contributed by atoms with Gasteiger partial charge in [0, 0.05) is 17.3 Å². The van der Waals surface area contributed by atoms with Crippen LogP contribution in [0.15, 0.2) is 60.9 Å². The number of carboxylic acids is 1. The lowest BCUT2D eigenvalue weighted by atomic mass is 10.1. The van der Waals surface area contributed by atoms with Crippen molar-refractivity contribution in [1.29, 1.82) is 0 Å². The normalized spacial score (nSPS) is 10.3. The number of aromatic carboxylic acids is 1. The van der Waals surface area contributed by atoms with Gasteiger partial charge in [0.1, 0.15) is 12.1 Å². The van der Waals surface area contributed by atoms with Crippen molar-refractivity contribution in [3.05, 3.63) is 72.1 Å². The van der Waals surface area contributed by atoms with Crippen molar-refractivity contribution in [2.75, 3.05) is 5.32 Å². The van der Waals surface area contributed by atoms with Gasteiger partial charge in [-0.2, -0.15) is 0 Å². The van der Waals surface area contributed by atoms with Crippen molar-refractivity contribution in [3.63, 3.8) is 0 Å². The highest BCUT2D eigenvalue weighted by molar-refractivity contribution is 5.89. The summed E-state index contributed by atoms with van der Waals surface area (Å²) < 4.78 is 0. The van der Waals surface area contributed by atoms with Crippen LogP contribution in [0.2, 0.25) is 0 Å². The highest BCUT2D eigenvalue weighted by Crippen LogP contribution is 2.22. The molecule has 114 valence electrons. The van der Waals surface area contributed by atoms with Crippen LogP contribution < -0.4 is 5.32 Å². The van der Waals surface area contributed by atoms with Crippen molar-refractivity contribution < 1.29 is 9.90 Å². The van der Waals surface area contributed by atoms with Gasteiger partial charge in [0.05, 0.1) is 11.3 Å². The zero-order valence-electron chi connectivity index (χ0n) is 12.5. The highest BCUT2D eigenvalue weighted by atomic mass is 16.4. The highest BCUT2D eigenvalue weighted by Gasteiger charge is 2.05. The van der Waals surface area contributed by atoms with Gasteiger partial charge in [-0.25, -0.2) is 14.8 Å². The Morgan fingerprint density at radius 2 is 1.87 bits per heavy atom. The van der Waals surface area contributed by atoms with Crippen LogP contribution in [-0.2, 0) is 0 Å². The summed E-state index contributed by atoms with van der Waals surface area (Å²) in [4.78, 5) is 19.5. The Bertz CT molecular complexity index is 862. The standard InChI is InChI=1S/C18H15N3O2/c1-12-4-2-5-13(8-12)16-10-17(20-11-19-16)21-15-7-3-6-14(9-15)18(22)23/h2-11H,1H3,(H,22,23)(H,19,20,21). The molecule has 0 fully saturated rings. The second kappa shape index (κ2) is 6.27. The van der Waals surface area contributed by atoms with Gasteiger partial charge >= 0.3 is 5.97 Å². The fraction of sp³-hybridized carbons (Fsp3) is 0.0556. The maximum absolute atomic E-state index is 11.0. The number of nitrogens with zero attached hydrogens (tertiary/aromatic N) is 2. The van der Waals surface area contributed by atoms with Crippen LogP contribution in [0.4, 0.5) is 11.5 Å². The molecule has 0 bridgehead atoms. The van der Waals surface area contributed by atoms with Crippen LogP contribution in [-0.4, -0.2) is 21.0 Å². The van der Waals surface area contributed by atoms with Crippen LogP contribution in [0.3, 0.4) is 0 Å². The molecule has 0 saturated heterocycles. The van der Waals surface area contributed by atoms with E-state index in [0.717, 1.165) is 16.8 Å². The van der Waals surface area contributed by atoms with Crippen molar-refractivity contribution >= 4 is 17.5 Å². The molecule has 0 aliphatic rings. The molecule has 0 aliphatic heterocycles. The molecule has 1 heterocycles. The van der Waals surface area contributed by atoms with E-state index in [2.05, 4.69) is 21.4 Å². The second-order valence-corrected chi connectivity index (χ2v) is 5.17. The Morgan fingerprint density at radius 3 is 2.65 bits per heavy atom. The number of benzene rings is 2. The van der Waals surface area contributed by atoms with Gasteiger partial charge in [0.25, 0.3) is 0 Å². The number of hydrogen-bond acceptors (Lipinski definition) is 4. The summed E-state index contributed by atoms with van der Waals surface area (Å²) in [5.41, 5.74) is 3.86. The van der Waals surface area contributed by atoms with Crippen molar-refractivity contribution in [3.8, 4) is 11.3 Å². The minimum absolute atomic E-state index is 0.225. The molecule has 2 aromatic carbocycles. The largest absolute Gasteiger partial charge is 0.478 e. The Labute approximate surface area is 133 Å². The fourth-order valence-electron chi connectivity index (χ4n) is 2.27. The SMILES string of the molecule is Cc1cccc(-c2cc(Nc3cccc(C(=O)O)c3)ncn2)c1. The van der Waals surface area contributed by atoms with Gasteiger partial charge in [-0.3, -0.25) is 0 Å². The van der Waals surface area contributed by atoms with E-state index in [9.17, 15) is 4.79 Å². The number of carboxylic acid groups (broad SMARTS) is 1. The number of aryl methyl sites for hydroxylation is 1. The van der Waals surface area contributed by atoms with Crippen molar-refractivity contribution in [1.82, 2.24) is 9.97 Å². The number of nitrogens with one attached hydrogen (secondary N) is 1. The summed E-state index contributed by atoms with van der Waals surface area (Å²) in [6, 6.07) is 16.5. The quantitative estimate of drug-likeness (QED) is 0.764. The van der Waals surface area contributed by atoms with E-state index in [1.165, 1.54) is 6.33 Å². The molecule has 3 rings (SSSR count). The lowest BCUT2D eigenvalue weighted by Crippen LogP contribution is -1.99. The summed E-state index contributed by atoms with van der Waals surface area (Å²) in [6.07, 6.45) is 1.49. The third-order valence-corrected chi connectivity index (χ3v) is 3.36. The third-order valence-electron chi connectivity index (χ3n) is 3.36. The van der Waals surface area contributed by atoms with E-state index in [-0.39, 0.29) is 5.56 Å². The Morgan fingerprint density at radius 1 is 1.04 bits per heavy atom. The molecule has 1 aromatic heterocycles. The lowest BCUT2D eigenvalue weighted by molar-refractivity contribution is 0.0697. The molecule has 2 N–H and O–H groups in total. The molecule has 0 saturated carbocycles. The summed E-state index contributed by atoms with van der Waals surface area (Å²) in [5.74, 6) is -0.351. The molecule has 0 amide bonds. The molecule has 5 heteroatoms. The van der Waals surface area contributed by atoms with Gasteiger partial charge in [-0.1, -0.05) is 29.8 Å². The van der Waals surface area contributed by atoms with Crippen LogP contribution >= 0.6 is 0 Å². The van der Waals surface area contributed by atoms with E-state index in [4.69, 9.17) is 5.11 Å². The molecular formula is C18H15N3O2. The van der Waals surface area contributed by atoms with Crippen LogP contribution in [0.5, 0.6) is 0 Å². The molecule has 0 atom stereocenters. The van der Waals surface area contributed by atoms with E-state index >= 15 is 0 Å². The monoisotopic (exact) mass is 305 g/mol. The summed E-state index contributed by atoms with van der Waals surface area (Å²) in [7, 11) is 0. The number of anilines is 2. The van der Waals surface area contributed by atoms with Gasteiger partial charge in [-0.05, 0) is 31.2 Å². The molecule has 3 aromatic rings. The van der Waals surface area contributed by atoms with Crippen molar-refractivity contribution in [2.24, 2.45) is 0 Å². The van der Waals surface area contributed by atoms with Crippen molar-refractivity contribution in [2.45, 2.75) is 6.92 Å². The topological polar surface area (TPSA) is 75.1 Å². The molecule has 23 heavy (non-hydrogen) atoms. The van der Waals surface area contributed by atoms with Gasteiger partial charge in [-0.15, -0.1) is 0 Å². The summed E-state index contributed by atoms with van der Waals surface area (Å²) in [5, 5.41) is 12.2. The fourth-order valence-corrected chi connectivity index (χ4v) is 2.27. The number of aromatic nitrogens is 2. The number of carbonyl (C=O) groups is 1. The Kier molecular flexibility index (Phi) is 4.01. The lowest BCUT2D eigenvalue weighted by Gasteiger charge is -2.08. The maximum atomic E-state index is 11.0.